The van der Waals surface area contributed by atoms with Gasteiger partial charge in [-0.15, -0.1) is 0 Å². The molecule has 2 aromatic rings. The molecule has 0 aliphatic rings. The number of carbonyl (C=O) groups is 1. The smallest absolute Gasteiger partial charge is 0.358 e. The molecule has 0 saturated heterocycles. The zero-order valence-electron chi connectivity index (χ0n) is 11.1. The lowest BCUT2D eigenvalue weighted by Crippen LogP contribution is -2.10. The topological polar surface area (TPSA) is 98.3 Å². The molecular weight excluding hydrogens is 284 g/mol. The molecule has 0 radical (unpaired) electrons. The van der Waals surface area contributed by atoms with Gasteiger partial charge < -0.3 is 15.6 Å². The van der Waals surface area contributed by atoms with Crippen LogP contribution in [0.15, 0.2) is 12.1 Å². The molecule has 0 unspecified atom stereocenters. The summed E-state index contributed by atoms with van der Waals surface area (Å²) in [7, 11) is 1.20. The number of benzene rings is 1. The van der Waals surface area contributed by atoms with Crippen LogP contribution in [0.4, 0.5) is 14.6 Å². The molecule has 0 spiro atoms. The first-order valence-corrected chi connectivity index (χ1v) is 5.76. The second-order valence-corrected chi connectivity index (χ2v) is 4.18. The van der Waals surface area contributed by atoms with Crippen LogP contribution in [0, 0.1) is 18.6 Å². The third-order valence-corrected chi connectivity index (χ3v) is 2.81. The first-order valence-electron chi connectivity index (χ1n) is 5.76. The molecule has 21 heavy (non-hydrogen) atoms. The van der Waals surface area contributed by atoms with E-state index in [0.29, 0.717) is 0 Å². The van der Waals surface area contributed by atoms with E-state index in [-0.39, 0.29) is 28.5 Å². The number of nitrogen functional groups attached to an aromatic ring is 1. The Labute approximate surface area is 118 Å². The van der Waals surface area contributed by atoms with Crippen LogP contribution in [0.5, 0.6) is 5.75 Å². The van der Waals surface area contributed by atoms with Gasteiger partial charge >= 0.3 is 5.97 Å². The van der Waals surface area contributed by atoms with E-state index in [0.717, 1.165) is 0 Å². The first kappa shape index (κ1) is 14.6. The van der Waals surface area contributed by atoms with Crippen LogP contribution in [0.2, 0.25) is 0 Å². The van der Waals surface area contributed by atoms with Crippen molar-refractivity contribution < 1.29 is 23.4 Å². The van der Waals surface area contributed by atoms with Gasteiger partial charge in [0.2, 0.25) is 0 Å². The lowest BCUT2D eigenvalue weighted by molar-refractivity contribution is 0.0686. The van der Waals surface area contributed by atoms with Gasteiger partial charge in [0.25, 0.3) is 0 Å². The fourth-order valence-corrected chi connectivity index (χ4v) is 1.75. The molecule has 0 aliphatic carbocycles. The average Bonchev–Trinajstić information content (AvgIpc) is 2.44. The normalized spacial score (nSPS) is 10.5. The summed E-state index contributed by atoms with van der Waals surface area (Å²) in [5.41, 5.74) is 4.87. The summed E-state index contributed by atoms with van der Waals surface area (Å²) in [6, 6.07) is 2.58. The average molecular weight is 295 g/mol. The molecule has 0 fully saturated rings. The Bertz CT molecular complexity index is 735. The first-order chi connectivity index (χ1) is 9.86. The van der Waals surface area contributed by atoms with Crippen molar-refractivity contribution in [3.05, 3.63) is 35.0 Å². The van der Waals surface area contributed by atoms with Crippen molar-refractivity contribution in [1.29, 1.82) is 0 Å². The minimum atomic E-state index is -1.42. The lowest BCUT2D eigenvalue weighted by Gasteiger charge is -2.10. The molecule has 0 bridgehead atoms. The van der Waals surface area contributed by atoms with Gasteiger partial charge in [0.15, 0.2) is 34.7 Å². The van der Waals surface area contributed by atoms with E-state index in [1.807, 2.05) is 0 Å². The number of rotatable bonds is 3. The van der Waals surface area contributed by atoms with Crippen molar-refractivity contribution >= 4 is 11.8 Å². The van der Waals surface area contributed by atoms with E-state index in [4.69, 9.17) is 15.6 Å². The molecule has 2 rings (SSSR count). The van der Waals surface area contributed by atoms with E-state index in [1.54, 1.807) is 0 Å². The van der Waals surface area contributed by atoms with Crippen molar-refractivity contribution in [3.63, 3.8) is 0 Å². The van der Waals surface area contributed by atoms with E-state index in [1.165, 1.54) is 26.2 Å². The van der Waals surface area contributed by atoms with Crippen LogP contribution < -0.4 is 10.5 Å². The minimum absolute atomic E-state index is 0.108. The summed E-state index contributed by atoms with van der Waals surface area (Å²) >= 11 is 0. The summed E-state index contributed by atoms with van der Waals surface area (Å²) < 4.78 is 32.3. The summed E-state index contributed by atoms with van der Waals surface area (Å²) in [6.07, 6.45) is 0. The zero-order chi connectivity index (χ0) is 15.7. The number of nitrogens with zero attached hydrogens (tertiary/aromatic N) is 2. The zero-order valence-corrected chi connectivity index (χ0v) is 11.1. The van der Waals surface area contributed by atoms with Gasteiger partial charge in [0.1, 0.15) is 0 Å². The molecule has 1 heterocycles. The Balaban J connectivity index is 2.71. The maximum absolute atomic E-state index is 13.9. The number of aromatic carboxylic acids is 1. The molecule has 110 valence electrons. The maximum Gasteiger partial charge on any atom is 0.358 e. The van der Waals surface area contributed by atoms with Gasteiger partial charge in [0, 0.05) is 0 Å². The second-order valence-electron chi connectivity index (χ2n) is 4.18. The fourth-order valence-electron chi connectivity index (χ4n) is 1.75. The molecule has 0 aliphatic heterocycles. The molecule has 0 saturated carbocycles. The number of carboxylic acid groups (broad SMARTS) is 1. The van der Waals surface area contributed by atoms with Crippen LogP contribution in [0.3, 0.4) is 0 Å². The molecule has 3 N–H and O–H groups in total. The predicted molar refractivity (Wildman–Crippen MR) is 70.0 cm³/mol. The van der Waals surface area contributed by atoms with Crippen LogP contribution in [-0.2, 0) is 0 Å². The lowest BCUT2D eigenvalue weighted by atomic mass is 10.1. The van der Waals surface area contributed by atoms with Crippen LogP contribution in [0.25, 0.3) is 11.4 Å². The number of halogens is 2. The van der Waals surface area contributed by atoms with Crippen molar-refractivity contribution in [2.24, 2.45) is 0 Å². The number of ether oxygens (including phenoxy) is 1. The van der Waals surface area contributed by atoms with Crippen molar-refractivity contribution in [2.75, 3.05) is 12.8 Å². The summed E-state index contributed by atoms with van der Waals surface area (Å²) in [5, 5.41) is 9.07. The van der Waals surface area contributed by atoms with E-state index < -0.39 is 23.3 Å². The summed E-state index contributed by atoms with van der Waals surface area (Å²) in [5.74, 6) is -4.49. The molecule has 0 amide bonds. The highest BCUT2D eigenvalue weighted by molar-refractivity contribution is 5.91. The molecule has 0 atom stereocenters. The van der Waals surface area contributed by atoms with Gasteiger partial charge in [-0.05, 0) is 18.6 Å². The van der Waals surface area contributed by atoms with Crippen LogP contribution in [0.1, 0.15) is 16.1 Å². The number of anilines is 1. The third-order valence-electron chi connectivity index (χ3n) is 2.81. The number of hydrogen-bond donors (Lipinski definition) is 2. The van der Waals surface area contributed by atoms with E-state index in [2.05, 4.69) is 9.97 Å². The van der Waals surface area contributed by atoms with Gasteiger partial charge in [-0.3, -0.25) is 0 Å². The Morgan fingerprint density at radius 3 is 2.52 bits per heavy atom. The number of hydrogen-bond acceptors (Lipinski definition) is 5. The van der Waals surface area contributed by atoms with E-state index >= 15 is 0 Å². The Morgan fingerprint density at radius 2 is 1.95 bits per heavy atom. The number of aromatic nitrogens is 2. The number of aryl methyl sites for hydroxylation is 1. The molecule has 6 nitrogen and oxygen atoms in total. The highest BCUT2D eigenvalue weighted by Gasteiger charge is 2.22. The fraction of sp³-hybridized carbons (Fsp3) is 0.154. The highest BCUT2D eigenvalue weighted by atomic mass is 19.2. The summed E-state index contributed by atoms with van der Waals surface area (Å²) in [4.78, 5) is 18.6. The minimum Gasteiger partial charge on any atom is -0.491 e. The Hall–Kier alpha value is -2.77. The summed E-state index contributed by atoms with van der Waals surface area (Å²) in [6.45, 7) is 1.40. The van der Waals surface area contributed by atoms with Gasteiger partial charge in [-0.2, -0.15) is 0 Å². The monoisotopic (exact) mass is 295 g/mol. The molecule has 1 aromatic carbocycles. The molecular formula is C13H11F2N3O3. The van der Waals surface area contributed by atoms with Crippen molar-refractivity contribution in [2.45, 2.75) is 6.92 Å². The standard InChI is InChI=1S/C13H11F2N3O3/c1-5-3-4-6(8(15)7(5)14)12-17-9(13(19)20)10(21-2)11(16)18-12/h3-4H,1-2H3,(H,19,20)(H2,16,17,18). The van der Waals surface area contributed by atoms with Gasteiger partial charge in [-0.1, -0.05) is 6.07 Å². The third kappa shape index (κ3) is 2.47. The number of methoxy groups -OCH3 is 1. The largest absolute Gasteiger partial charge is 0.491 e. The Kier molecular flexibility index (Phi) is 3.70. The number of nitrogens with two attached hydrogens (primary N) is 1. The highest BCUT2D eigenvalue weighted by Crippen LogP contribution is 2.29. The van der Waals surface area contributed by atoms with Crippen LogP contribution >= 0.6 is 0 Å². The van der Waals surface area contributed by atoms with Crippen molar-refractivity contribution in [3.8, 4) is 17.1 Å². The number of carboxylic acids is 1. The SMILES string of the molecule is COc1c(N)nc(-c2ccc(C)c(F)c2F)nc1C(=O)O. The Morgan fingerprint density at radius 1 is 1.29 bits per heavy atom. The predicted octanol–water partition coefficient (Wildman–Crippen LogP) is 2.02. The molecule has 8 heteroatoms. The second kappa shape index (κ2) is 5.31. The van der Waals surface area contributed by atoms with Gasteiger partial charge in [-0.25, -0.2) is 23.5 Å². The van der Waals surface area contributed by atoms with Gasteiger partial charge in [0.05, 0.1) is 12.7 Å². The quantitative estimate of drug-likeness (QED) is 0.899. The van der Waals surface area contributed by atoms with Crippen LogP contribution in [-0.4, -0.2) is 28.2 Å². The van der Waals surface area contributed by atoms with E-state index in [9.17, 15) is 13.6 Å². The maximum atomic E-state index is 13.9. The molecule has 1 aromatic heterocycles. The van der Waals surface area contributed by atoms with Crippen molar-refractivity contribution in [1.82, 2.24) is 9.97 Å².